The quantitative estimate of drug-likeness (QED) is 0.897. The second-order valence-corrected chi connectivity index (χ2v) is 5.29. The number of aromatic nitrogens is 2. The first-order chi connectivity index (χ1) is 9.72. The van der Waals surface area contributed by atoms with Crippen LogP contribution < -0.4 is 5.32 Å². The lowest BCUT2D eigenvalue weighted by molar-refractivity contribution is 0.0912. The average Bonchev–Trinajstić information content (AvgIpc) is 2.49. The van der Waals surface area contributed by atoms with E-state index in [0.717, 1.165) is 37.0 Å². The van der Waals surface area contributed by atoms with Gasteiger partial charge in [0.25, 0.3) is 5.91 Å². The second kappa shape index (κ2) is 5.54. The molecule has 0 saturated carbocycles. The fourth-order valence-electron chi connectivity index (χ4n) is 2.48. The summed E-state index contributed by atoms with van der Waals surface area (Å²) in [5.74, 6) is -0.127. The highest BCUT2D eigenvalue weighted by atomic mass is 16.1. The number of rotatable bonds is 2. The molecule has 104 valence electrons. The smallest absolute Gasteiger partial charge is 0.271 e. The third-order valence-electron chi connectivity index (χ3n) is 3.73. The first kappa shape index (κ1) is 13.0. The molecule has 3 rings (SSSR count). The van der Waals surface area contributed by atoms with Crippen molar-refractivity contribution < 1.29 is 4.79 Å². The standard InChI is InChI=1S/C15H18N4O/c1-19-8-6-11(7-9-19)17-15(20)14-10-16-12-4-2-3-5-13(12)18-14/h2-5,10-11H,6-9H2,1H3,(H,17,20). The summed E-state index contributed by atoms with van der Waals surface area (Å²) < 4.78 is 0. The molecular weight excluding hydrogens is 252 g/mol. The fourth-order valence-corrected chi connectivity index (χ4v) is 2.48. The molecule has 0 bridgehead atoms. The number of carbonyl (C=O) groups is 1. The van der Waals surface area contributed by atoms with Crippen molar-refractivity contribution in [3.8, 4) is 0 Å². The molecule has 0 unspecified atom stereocenters. The highest BCUT2D eigenvalue weighted by molar-refractivity contribution is 5.93. The van der Waals surface area contributed by atoms with Crippen LogP contribution in [0.1, 0.15) is 23.3 Å². The van der Waals surface area contributed by atoms with Gasteiger partial charge in [0.05, 0.1) is 17.2 Å². The third-order valence-corrected chi connectivity index (χ3v) is 3.73. The topological polar surface area (TPSA) is 58.1 Å². The Labute approximate surface area is 118 Å². The molecule has 1 aromatic carbocycles. The molecule has 5 heteroatoms. The Hall–Kier alpha value is -2.01. The van der Waals surface area contributed by atoms with Crippen LogP contribution in [0.15, 0.2) is 30.5 Å². The Morgan fingerprint density at radius 2 is 1.95 bits per heavy atom. The molecule has 1 aliphatic rings. The van der Waals surface area contributed by atoms with Gasteiger partial charge in [-0.25, -0.2) is 4.98 Å². The molecule has 1 fully saturated rings. The summed E-state index contributed by atoms with van der Waals surface area (Å²) in [6, 6.07) is 7.81. The number of nitrogens with one attached hydrogen (secondary N) is 1. The van der Waals surface area contributed by atoms with Crippen LogP contribution in [-0.2, 0) is 0 Å². The van der Waals surface area contributed by atoms with Gasteiger partial charge < -0.3 is 10.2 Å². The van der Waals surface area contributed by atoms with Crippen LogP contribution >= 0.6 is 0 Å². The fraction of sp³-hybridized carbons (Fsp3) is 0.400. The first-order valence-electron chi connectivity index (χ1n) is 6.93. The molecule has 1 aromatic heterocycles. The molecule has 0 atom stereocenters. The van der Waals surface area contributed by atoms with Gasteiger partial charge in [0.1, 0.15) is 5.69 Å². The highest BCUT2D eigenvalue weighted by Gasteiger charge is 2.19. The van der Waals surface area contributed by atoms with Crippen molar-refractivity contribution >= 4 is 16.9 Å². The summed E-state index contributed by atoms with van der Waals surface area (Å²) in [6.45, 7) is 2.04. The summed E-state index contributed by atoms with van der Waals surface area (Å²) >= 11 is 0. The van der Waals surface area contributed by atoms with Crippen LogP contribution in [0.5, 0.6) is 0 Å². The van der Waals surface area contributed by atoms with Crippen molar-refractivity contribution in [2.75, 3.05) is 20.1 Å². The van der Waals surface area contributed by atoms with Gasteiger partial charge in [0.15, 0.2) is 0 Å². The molecule has 1 amide bonds. The zero-order valence-corrected chi connectivity index (χ0v) is 11.5. The molecule has 0 spiro atoms. The largest absolute Gasteiger partial charge is 0.348 e. The summed E-state index contributed by atoms with van der Waals surface area (Å²) in [7, 11) is 2.10. The molecule has 20 heavy (non-hydrogen) atoms. The number of benzene rings is 1. The third kappa shape index (κ3) is 2.77. The van der Waals surface area contributed by atoms with E-state index in [1.54, 1.807) is 6.20 Å². The number of nitrogens with zero attached hydrogens (tertiary/aromatic N) is 3. The van der Waals surface area contributed by atoms with E-state index in [1.807, 2.05) is 24.3 Å². The monoisotopic (exact) mass is 270 g/mol. The van der Waals surface area contributed by atoms with Gasteiger partial charge in [-0.3, -0.25) is 9.78 Å². The Balaban J connectivity index is 1.72. The number of piperidine rings is 1. The van der Waals surface area contributed by atoms with E-state index >= 15 is 0 Å². The summed E-state index contributed by atoms with van der Waals surface area (Å²) in [5, 5.41) is 3.05. The molecule has 5 nitrogen and oxygen atoms in total. The van der Waals surface area contributed by atoms with Crippen LogP contribution in [0.2, 0.25) is 0 Å². The van der Waals surface area contributed by atoms with Gasteiger partial charge in [-0.2, -0.15) is 0 Å². The highest BCUT2D eigenvalue weighted by Crippen LogP contribution is 2.11. The molecule has 1 N–H and O–H groups in total. The maximum atomic E-state index is 12.2. The Kier molecular flexibility index (Phi) is 3.60. The number of amides is 1. The zero-order chi connectivity index (χ0) is 13.9. The van der Waals surface area contributed by atoms with Gasteiger partial charge in [-0.15, -0.1) is 0 Å². The van der Waals surface area contributed by atoms with Crippen molar-refractivity contribution in [2.24, 2.45) is 0 Å². The van der Waals surface area contributed by atoms with E-state index < -0.39 is 0 Å². The van der Waals surface area contributed by atoms with E-state index in [0.29, 0.717) is 5.69 Å². The molecule has 1 aliphatic heterocycles. The Morgan fingerprint density at radius 1 is 1.25 bits per heavy atom. The number of fused-ring (bicyclic) bond motifs is 1. The second-order valence-electron chi connectivity index (χ2n) is 5.29. The minimum absolute atomic E-state index is 0.127. The van der Waals surface area contributed by atoms with Crippen LogP contribution in [0.25, 0.3) is 11.0 Å². The number of hydrogen-bond acceptors (Lipinski definition) is 4. The van der Waals surface area contributed by atoms with Gasteiger partial charge >= 0.3 is 0 Å². The molecule has 2 aromatic rings. The Morgan fingerprint density at radius 3 is 2.70 bits per heavy atom. The summed E-state index contributed by atoms with van der Waals surface area (Å²) in [4.78, 5) is 23.1. The molecule has 1 saturated heterocycles. The average molecular weight is 270 g/mol. The molecule has 0 aliphatic carbocycles. The number of hydrogen-bond donors (Lipinski definition) is 1. The molecule has 2 heterocycles. The van der Waals surface area contributed by atoms with E-state index in [2.05, 4.69) is 27.2 Å². The number of carbonyl (C=O) groups excluding carboxylic acids is 1. The van der Waals surface area contributed by atoms with E-state index in [4.69, 9.17) is 0 Å². The van der Waals surface area contributed by atoms with Gasteiger partial charge in [-0.05, 0) is 45.1 Å². The lowest BCUT2D eigenvalue weighted by Crippen LogP contribution is -2.43. The first-order valence-corrected chi connectivity index (χ1v) is 6.93. The van der Waals surface area contributed by atoms with Gasteiger partial charge in [-0.1, -0.05) is 12.1 Å². The van der Waals surface area contributed by atoms with Crippen molar-refractivity contribution in [3.63, 3.8) is 0 Å². The lowest BCUT2D eigenvalue weighted by Gasteiger charge is -2.29. The minimum Gasteiger partial charge on any atom is -0.348 e. The normalized spacial score (nSPS) is 17.2. The maximum Gasteiger partial charge on any atom is 0.271 e. The van der Waals surface area contributed by atoms with Crippen LogP contribution in [0, 0.1) is 0 Å². The predicted molar refractivity (Wildman–Crippen MR) is 77.5 cm³/mol. The van der Waals surface area contributed by atoms with Crippen LogP contribution in [0.4, 0.5) is 0 Å². The number of para-hydroxylation sites is 2. The van der Waals surface area contributed by atoms with Crippen LogP contribution in [0.3, 0.4) is 0 Å². The van der Waals surface area contributed by atoms with Crippen molar-refractivity contribution in [1.82, 2.24) is 20.2 Å². The Bertz CT molecular complexity index is 620. The van der Waals surface area contributed by atoms with Crippen LogP contribution in [-0.4, -0.2) is 47.0 Å². The van der Waals surface area contributed by atoms with E-state index in [9.17, 15) is 4.79 Å². The van der Waals surface area contributed by atoms with E-state index in [1.165, 1.54) is 0 Å². The number of likely N-dealkylation sites (tertiary alicyclic amines) is 1. The minimum atomic E-state index is -0.127. The zero-order valence-electron chi connectivity index (χ0n) is 11.5. The molecular formula is C15H18N4O. The van der Waals surface area contributed by atoms with Gasteiger partial charge in [0.2, 0.25) is 0 Å². The van der Waals surface area contributed by atoms with E-state index in [-0.39, 0.29) is 11.9 Å². The van der Waals surface area contributed by atoms with Crippen molar-refractivity contribution in [3.05, 3.63) is 36.2 Å². The SMILES string of the molecule is CN1CCC(NC(=O)c2cnc3ccccc3n2)CC1. The maximum absolute atomic E-state index is 12.2. The van der Waals surface area contributed by atoms with Crippen molar-refractivity contribution in [2.45, 2.75) is 18.9 Å². The van der Waals surface area contributed by atoms with Crippen molar-refractivity contribution in [1.29, 1.82) is 0 Å². The predicted octanol–water partition coefficient (Wildman–Crippen LogP) is 1.45. The molecule has 0 radical (unpaired) electrons. The van der Waals surface area contributed by atoms with Gasteiger partial charge in [0, 0.05) is 6.04 Å². The summed E-state index contributed by atoms with van der Waals surface area (Å²) in [5.41, 5.74) is 1.95. The lowest BCUT2D eigenvalue weighted by atomic mass is 10.1. The summed E-state index contributed by atoms with van der Waals surface area (Å²) in [6.07, 6.45) is 3.53.